The average molecular weight is 377 g/mol. The van der Waals surface area contributed by atoms with E-state index in [2.05, 4.69) is 31.7 Å². The fraction of sp³-hybridized carbons (Fsp3) is 0.625. The molecule has 0 aliphatic carbocycles. The monoisotopic (exact) mass is 375 g/mol. The Morgan fingerprint density at radius 3 is 2.48 bits per heavy atom. The van der Waals surface area contributed by atoms with Crippen LogP contribution in [0.5, 0.6) is 0 Å². The molecule has 118 valence electrons. The van der Waals surface area contributed by atoms with Crippen molar-refractivity contribution >= 4 is 39.2 Å². The lowest BCUT2D eigenvalue weighted by molar-refractivity contribution is -0.139. The van der Waals surface area contributed by atoms with Gasteiger partial charge in [-0.15, -0.1) is 0 Å². The molecule has 0 saturated carbocycles. The predicted molar refractivity (Wildman–Crippen MR) is 92.2 cm³/mol. The van der Waals surface area contributed by atoms with Gasteiger partial charge in [-0.2, -0.15) is 0 Å². The number of carbonyl (C=O) groups excluding carboxylic acids is 1. The quantitative estimate of drug-likeness (QED) is 0.370. The average Bonchev–Trinajstić information content (AvgIpc) is 3.23. The van der Waals surface area contributed by atoms with Gasteiger partial charge >= 0.3 is 5.97 Å². The second kappa shape index (κ2) is 11.0. The van der Waals surface area contributed by atoms with Gasteiger partial charge in [0.05, 0.1) is 16.8 Å². The Morgan fingerprint density at radius 1 is 1.24 bits per heavy atom. The highest BCUT2D eigenvalue weighted by molar-refractivity contribution is 9.12. The van der Waals surface area contributed by atoms with Crippen LogP contribution in [-0.4, -0.2) is 24.8 Å². The summed E-state index contributed by atoms with van der Waals surface area (Å²) in [6, 6.07) is -0.326. The van der Waals surface area contributed by atoms with E-state index in [9.17, 15) is 4.79 Å². The Kier molecular flexibility index (Phi) is 9.68. The van der Waals surface area contributed by atoms with Crippen molar-refractivity contribution in [3.8, 4) is 0 Å². The molecule has 0 saturated heterocycles. The first-order valence-electron chi connectivity index (χ1n) is 7.48. The summed E-state index contributed by atoms with van der Waals surface area (Å²) in [6.07, 6.45) is 15.6. The maximum absolute atomic E-state index is 11.1. The topological polar surface area (TPSA) is 38.7 Å². The summed E-state index contributed by atoms with van der Waals surface area (Å²) in [5.74, 6) is -0.259. The highest BCUT2D eigenvalue weighted by Gasteiger charge is 2.33. The molecule has 0 N–H and O–H groups in total. The van der Waals surface area contributed by atoms with E-state index < -0.39 is 0 Å². The summed E-state index contributed by atoms with van der Waals surface area (Å²) in [4.78, 5) is 15.2. The van der Waals surface area contributed by atoms with Crippen LogP contribution in [0.3, 0.4) is 0 Å². The van der Waals surface area contributed by atoms with Crippen LogP contribution < -0.4 is 0 Å². The molecule has 0 aromatic heterocycles. The fourth-order valence-corrected chi connectivity index (χ4v) is 2.40. The first-order valence-corrected chi connectivity index (χ1v) is 8.65. The maximum atomic E-state index is 11.1. The summed E-state index contributed by atoms with van der Waals surface area (Å²) in [6.45, 7) is 0. The third-order valence-corrected chi connectivity index (χ3v) is 3.81. The summed E-state index contributed by atoms with van der Waals surface area (Å²) in [5, 5.41) is 0. The minimum atomic E-state index is -0.326. The fourth-order valence-electron chi connectivity index (χ4n) is 2.06. The molecular weight excluding hydrogens is 354 g/mol. The van der Waals surface area contributed by atoms with Gasteiger partial charge in [-0.05, 0) is 47.7 Å². The number of allylic oxidation sites excluding steroid dienone is 2. The lowest BCUT2D eigenvalue weighted by Crippen LogP contribution is -2.12. The van der Waals surface area contributed by atoms with E-state index in [4.69, 9.17) is 11.6 Å². The summed E-state index contributed by atoms with van der Waals surface area (Å²) in [7, 11) is 1.39. The zero-order valence-electron chi connectivity index (χ0n) is 12.5. The molecule has 0 amide bonds. The Hall–Kier alpha value is -0.610. The number of aliphatic imine (C=N–C) groups is 1. The third-order valence-electron chi connectivity index (χ3n) is 3.33. The highest BCUT2D eigenvalue weighted by atomic mass is 79.9. The van der Waals surface area contributed by atoms with Crippen LogP contribution >= 0.6 is 27.5 Å². The zero-order chi connectivity index (χ0) is 15.5. The first kappa shape index (κ1) is 18.4. The number of methoxy groups -OCH3 is 1. The van der Waals surface area contributed by atoms with E-state index in [-0.39, 0.29) is 12.0 Å². The van der Waals surface area contributed by atoms with E-state index >= 15 is 0 Å². The molecule has 1 atom stereocenters. The van der Waals surface area contributed by atoms with Gasteiger partial charge in [-0.25, -0.2) is 4.79 Å². The second-order valence-corrected chi connectivity index (χ2v) is 6.79. The lowest BCUT2D eigenvalue weighted by Gasteiger charge is -1.99. The van der Waals surface area contributed by atoms with Crippen molar-refractivity contribution in [1.29, 1.82) is 0 Å². The summed E-state index contributed by atoms with van der Waals surface area (Å²) in [5.41, 5.74) is 0.848. The molecule has 0 aromatic rings. The molecule has 0 aromatic carbocycles. The third kappa shape index (κ3) is 9.10. The first-order chi connectivity index (χ1) is 10.1. The maximum Gasteiger partial charge on any atom is 0.336 e. The van der Waals surface area contributed by atoms with E-state index in [1.54, 1.807) is 0 Å². The molecule has 1 rings (SSSR count). The molecule has 1 aliphatic heterocycles. The number of ether oxygens (including phenoxy) is 1. The van der Waals surface area contributed by atoms with Gasteiger partial charge in [0, 0.05) is 0 Å². The normalized spacial score (nSPS) is 18.0. The molecule has 3 nitrogen and oxygen atoms in total. The van der Waals surface area contributed by atoms with E-state index in [0.29, 0.717) is 3.94 Å². The number of unbranched alkanes of at least 4 members (excludes halogenated alkanes) is 7. The largest absolute Gasteiger partial charge is 0.467 e. The van der Waals surface area contributed by atoms with Gasteiger partial charge in [0.15, 0.2) is 6.04 Å². The second-order valence-electron chi connectivity index (χ2n) is 5.07. The van der Waals surface area contributed by atoms with Crippen LogP contribution in [0.2, 0.25) is 0 Å². The van der Waals surface area contributed by atoms with Crippen LogP contribution in [0.4, 0.5) is 0 Å². The standard InChI is InChI=1S/C16H23BrClNO2/c1-21-16(20)15-13(19-15)11-9-7-5-3-2-4-6-8-10-12-14(17)18/h9,11-12,15H,2-8,10H2,1H3/b11-9+,14-12+. The number of esters is 1. The Morgan fingerprint density at radius 2 is 1.86 bits per heavy atom. The SMILES string of the molecule is COC(=O)C1N=C1/C=C/CCCCCCCC/C=C(/Cl)Br. The van der Waals surface area contributed by atoms with Gasteiger partial charge < -0.3 is 4.74 Å². The van der Waals surface area contributed by atoms with Crippen LogP contribution in [0.15, 0.2) is 27.2 Å². The number of rotatable bonds is 11. The van der Waals surface area contributed by atoms with Gasteiger partial charge in [0.2, 0.25) is 0 Å². The van der Waals surface area contributed by atoms with Crippen molar-refractivity contribution < 1.29 is 9.53 Å². The van der Waals surface area contributed by atoms with Crippen molar-refractivity contribution in [2.24, 2.45) is 4.99 Å². The highest BCUT2D eigenvalue weighted by Crippen LogP contribution is 2.16. The van der Waals surface area contributed by atoms with Crippen molar-refractivity contribution in [3.05, 3.63) is 22.2 Å². The molecule has 0 fully saturated rings. The Balaban J connectivity index is 1.86. The number of hydrogen-bond acceptors (Lipinski definition) is 3. The molecule has 1 unspecified atom stereocenters. The number of carbonyl (C=O) groups is 1. The minimum Gasteiger partial charge on any atom is -0.467 e. The van der Waals surface area contributed by atoms with Crippen LogP contribution in [0.1, 0.15) is 51.4 Å². The smallest absolute Gasteiger partial charge is 0.336 e. The molecule has 0 spiro atoms. The van der Waals surface area contributed by atoms with Gasteiger partial charge in [-0.3, -0.25) is 4.99 Å². The molecule has 0 bridgehead atoms. The van der Waals surface area contributed by atoms with Crippen molar-refractivity contribution in [2.75, 3.05) is 7.11 Å². The van der Waals surface area contributed by atoms with Crippen LogP contribution in [-0.2, 0) is 9.53 Å². The molecule has 1 heterocycles. The lowest BCUT2D eigenvalue weighted by atomic mass is 10.1. The van der Waals surface area contributed by atoms with Crippen LogP contribution in [0.25, 0.3) is 0 Å². The van der Waals surface area contributed by atoms with E-state index in [1.165, 1.54) is 45.6 Å². The van der Waals surface area contributed by atoms with E-state index in [0.717, 1.165) is 18.6 Å². The van der Waals surface area contributed by atoms with Crippen molar-refractivity contribution in [3.63, 3.8) is 0 Å². The van der Waals surface area contributed by atoms with E-state index in [1.807, 2.05) is 12.2 Å². The van der Waals surface area contributed by atoms with Crippen molar-refractivity contribution in [1.82, 2.24) is 0 Å². The molecular formula is C16H23BrClNO2. The molecule has 21 heavy (non-hydrogen) atoms. The molecule has 1 aliphatic rings. The molecule has 0 radical (unpaired) electrons. The summed E-state index contributed by atoms with van der Waals surface area (Å²) >= 11 is 8.90. The van der Waals surface area contributed by atoms with Crippen molar-refractivity contribution in [2.45, 2.75) is 57.4 Å². The van der Waals surface area contributed by atoms with Gasteiger partial charge in [0.1, 0.15) is 0 Å². The number of hydrogen-bond donors (Lipinski definition) is 0. The number of halogens is 2. The summed E-state index contributed by atoms with van der Waals surface area (Å²) < 4.78 is 5.33. The minimum absolute atomic E-state index is 0.259. The van der Waals surface area contributed by atoms with Gasteiger partial charge in [-0.1, -0.05) is 49.4 Å². The van der Waals surface area contributed by atoms with Crippen LogP contribution in [0, 0.1) is 0 Å². The number of nitrogens with zero attached hydrogens (tertiary/aromatic N) is 1. The zero-order valence-corrected chi connectivity index (χ0v) is 14.8. The molecule has 5 heteroatoms. The Bertz CT molecular complexity index is 415. The Labute approximate surface area is 140 Å². The predicted octanol–water partition coefficient (Wildman–Crippen LogP) is 5.13. The van der Waals surface area contributed by atoms with Gasteiger partial charge in [0.25, 0.3) is 0 Å².